The molecular weight excluding hydrogens is 242 g/mol. The minimum absolute atomic E-state index is 0.0673. The Bertz CT molecular complexity index is 391. The summed E-state index contributed by atoms with van der Waals surface area (Å²) in [6, 6.07) is 4.12. The quantitative estimate of drug-likeness (QED) is 0.837. The number of furan rings is 1. The third-order valence-electron chi connectivity index (χ3n) is 3.77. The van der Waals surface area contributed by atoms with E-state index >= 15 is 0 Å². The molecule has 0 aromatic carbocycles. The van der Waals surface area contributed by atoms with Gasteiger partial charge in [-0.05, 0) is 38.4 Å². The Morgan fingerprint density at radius 2 is 2.53 bits per heavy atom. The maximum Gasteiger partial charge on any atom is 0.224 e. The Balaban J connectivity index is 1.91. The van der Waals surface area contributed by atoms with Crippen molar-refractivity contribution in [1.82, 2.24) is 10.2 Å². The van der Waals surface area contributed by atoms with Crippen molar-refractivity contribution in [3.8, 4) is 0 Å². The van der Waals surface area contributed by atoms with Crippen LogP contribution in [0.4, 0.5) is 0 Å². The van der Waals surface area contributed by atoms with E-state index in [0.29, 0.717) is 13.1 Å². The normalized spacial score (nSPS) is 22.1. The summed E-state index contributed by atoms with van der Waals surface area (Å²) in [6.45, 7) is 4.98. The molecule has 5 heteroatoms. The number of carbonyl (C=O) groups is 1. The summed E-state index contributed by atoms with van der Waals surface area (Å²) in [7, 11) is 0. The topological polar surface area (TPSA) is 71.5 Å². The lowest BCUT2D eigenvalue weighted by Crippen LogP contribution is -2.44. The monoisotopic (exact) mass is 265 g/mol. The Morgan fingerprint density at radius 3 is 3.21 bits per heavy atom. The van der Waals surface area contributed by atoms with Gasteiger partial charge in [0.25, 0.3) is 0 Å². The van der Waals surface area contributed by atoms with Gasteiger partial charge in [-0.1, -0.05) is 0 Å². The van der Waals surface area contributed by atoms with E-state index < -0.39 is 0 Å². The van der Waals surface area contributed by atoms with Gasteiger partial charge in [-0.15, -0.1) is 0 Å². The number of rotatable bonds is 5. The number of nitrogens with one attached hydrogen (secondary N) is 1. The van der Waals surface area contributed by atoms with Crippen LogP contribution >= 0.6 is 0 Å². The number of piperidine rings is 1. The molecule has 2 heterocycles. The predicted molar refractivity (Wildman–Crippen MR) is 73.5 cm³/mol. The molecule has 0 spiro atoms. The number of nitrogens with zero attached hydrogens (tertiary/aromatic N) is 1. The summed E-state index contributed by atoms with van der Waals surface area (Å²) < 4.78 is 5.45. The van der Waals surface area contributed by atoms with Crippen LogP contribution in [-0.2, 0) is 4.79 Å². The summed E-state index contributed by atoms with van der Waals surface area (Å²) in [5, 5.41) is 2.88. The highest BCUT2D eigenvalue weighted by atomic mass is 16.3. The predicted octanol–water partition coefficient (Wildman–Crippen LogP) is 1.13. The number of likely N-dealkylation sites (tertiary alicyclic amines) is 1. The molecule has 1 aliphatic rings. The lowest BCUT2D eigenvalue weighted by molar-refractivity contribution is -0.127. The van der Waals surface area contributed by atoms with Crippen molar-refractivity contribution in [2.75, 3.05) is 26.2 Å². The summed E-state index contributed by atoms with van der Waals surface area (Å²) in [6.07, 6.45) is 3.70. The molecule has 106 valence electrons. The smallest absolute Gasteiger partial charge is 0.224 e. The third-order valence-corrected chi connectivity index (χ3v) is 3.77. The number of carbonyl (C=O) groups excluding carboxylic acids is 1. The lowest BCUT2D eigenvalue weighted by atomic mass is 9.95. The van der Waals surface area contributed by atoms with Gasteiger partial charge in [-0.3, -0.25) is 9.69 Å². The fourth-order valence-corrected chi connectivity index (χ4v) is 2.62. The zero-order valence-electron chi connectivity index (χ0n) is 11.5. The van der Waals surface area contributed by atoms with E-state index in [1.807, 2.05) is 12.1 Å². The first-order valence-corrected chi connectivity index (χ1v) is 6.97. The van der Waals surface area contributed by atoms with E-state index in [9.17, 15) is 4.79 Å². The van der Waals surface area contributed by atoms with E-state index in [2.05, 4.69) is 17.1 Å². The number of nitrogens with two attached hydrogens (primary N) is 1. The first kappa shape index (κ1) is 14.1. The highest BCUT2D eigenvalue weighted by Gasteiger charge is 2.29. The highest BCUT2D eigenvalue weighted by molar-refractivity contribution is 5.78. The SMILES string of the molecule is CC(c1ccco1)N1CCCC(C(=O)NCCN)C1. The van der Waals surface area contributed by atoms with Crippen molar-refractivity contribution >= 4 is 5.91 Å². The average molecular weight is 265 g/mol. The van der Waals surface area contributed by atoms with Crippen LogP contribution in [0.15, 0.2) is 22.8 Å². The van der Waals surface area contributed by atoms with Crippen LogP contribution in [0.2, 0.25) is 0 Å². The molecule has 19 heavy (non-hydrogen) atoms. The summed E-state index contributed by atoms with van der Waals surface area (Å²) in [5.41, 5.74) is 5.41. The largest absolute Gasteiger partial charge is 0.468 e. The van der Waals surface area contributed by atoms with Crippen LogP contribution in [0.1, 0.15) is 31.6 Å². The maximum atomic E-state index is 12.0. The van der Waals surface area contributed by atoms with Crippen LogP contribution in [-0.4, -0.2) is 37.0 Å². The molecule has 1 amide bonds. The number of hydrogen-bond acceptors (Lipinski definition) is 4. The average Bonchev–Trinajstić information content (AvgIpc) is 2.98. The van der Waals surface area contributed by atoms with Gasteiger partial charge in [-0.25, -0.2) is 0 Å². The van der Waals surface area contributed by atoms with E-state index in [-0.39, 0.29) is 17.9 Å². The second kappa shape index (κ2) is 6.73. The molecule has 2 atom stereocenters. The lowest BCUT2D eigenvalue weighted by Gasteiger charge is -2.35. The Labute approximate surface area is 114 Å². The van der Waals surface area contributed by atoms with Crippen LogP contribution in [0.3, 0.4) is 0 Å². The third kappa shape index (κ3) is 3.58. The molecule has 0 aliphatic carbocycles. The minimum atomic E-state index is 0.0673. The Morgan fingerprint density at radius 1 is 1.68 bits per heavy atom. The van der Waals surface area contributed by atoms with Crippen molar-refractivity contribution in [1.29, 1.82) is 0 Å². The number of hydrogen-bond donors (Lipinski definition) is 2. The molecule has 2 unspecified atom stereocenters. The van der Waals surface area contributed by atoms with Gasteiger partial charge in [-0.2, -0.15) is 0 Å². The zero-order chi connectivity index (χ0) is 13.7. The molecule has 3 N–H and O–H groups in total. The molecule has 0 saturated carbocycles. The number of amides is 1. The molecule has 1 fully saturated rings. The Hall–Kier alpha value is -1.33. The van der Waals surface area contributed by atoms with Crippen LogP contribution in [0.25, 0.3) is 0 Å². The van der Waals surface area contributed by atoms with Gasteiger partial charge in [0.05, 0.1) is 18.2 Å². The molecule has 5 nitrogen and oxygen atoms in total. The maximum absolute atomic E-state index is 12.0. The molecule has 1 aromatic heterocycles. The molecule has 1 aliphatic heterocycles. The fraction of sp³-hybridized carbons (Fsp3) is 0.643. The van der Waals surface area contributed by atoms with Crippen molar-refractivity contribution in [3.63, 3.8) is 0 Å². The van der Waals surface area contributed by atoms with Gasteiger partial charge in [0.1, 0.15) is 5.76 Å². The van der Waals surface area contributed by atoms with Crippen molar-refractivity contribution in [3.05, 3.63) is 24.2 Å². The second-order valence-electron chi connectivity index (χ2n) is 5.11. The van der Waals surface area contributed by atoms with Gasteiger partial charge in [0.15, 0.2) is 0 Å². The van der Waals surface area contributed by atoms with Crippen molar-refractivity contribution in [2.24, 2.45) is 11.7 Å². The Kier molecular flexibility index (Phi) is 4.99. The highest BCUT2D eigenvalue weighted by Crippen LogP contribution is 2.26. The zero-order valence-corrected chi connectivity index (χ0v) is 11.5. The van der Waals surface area contributed by atoms with E-state index in [4.69, 9.17) is 10.2 Å². The first-order valence-electron chi connectivity index (χ1n) is 6.97. The van der Waals surface area contributed by atoms with Crippen molar-refractivity contribution < 1.29 is 9.21 Å². The fourth-order valence-electron chi connectivity index (χ4n) is 2.62. The van der Waals surface area contributed by atoms with Crippen LogP contribution in [0, 0.1) is 5.92 Å². The summed E-state index contributed by atoms with van der Waals surface area (Å²) in [4.78, 5) is 14.3. The molecule has 1 aromatic rings. The van der Waals surface area contributed by atoms with Gasteiger partial charge in [0.2, 0.25) is 5.91 Å². The van der Waals surface area contributed by atoms with Crippen LogP contribution < -0.4 is 11.1 Å². The second-order valence-corrected chi connectivity index (χ2v) is 5.11. The van der Waals surface area contributed by atoms with Crippen LogP contribution in [0.5, 0.6) is 0 Å². The molecule has 1 saturated heterocycles. The summed E-state index contributed by atoms with van der Waals surface area (Å²) in [5.74, 6) is 1.16. The van der Waals surface area contributed by atoms with E-state index in [1.165, 1.54) is 0 Å². The van der Waals surface area contributed by atoms with Gasteiger partial charge < -0.3 is 15.5 Å². The molecule has 0 bridgehead atoms. The van der Waals surface area contributed by atoms with E-state index in [0.717, 1.165) is 31.7 Å². The minimum Gasteiger partial charge on any atom is -0.468 e. The first-order chi connectivity index (χ1) is 9.22. The van der Waals surface area contributed by atoms with Gasteiger partial charge in [0, 0.05) is 19.6 Å². The standard InChI is InChI=1S/C14H23N3O2/c1-11(13-5-3-9-19-13)17-8-2-4-12(10-17)14(18)16-7-6-15/h3,5,9,11-12H,2,4,6-8,10,15H2,1H3,(H,16,18). The molecule has 0 radical (unpaired) electrons. The van der Waals surface area contributed by atoms with Crippen molar-refractivity contribution in [2.45, 2.75) is 25.8 Å². The molecular formula is C14H23N3O2. The van der Waals surface area contributed by atoms with E-state index in [1.54, 1.807) is 6.26 Å². The summed E-state index contributed by atoms with van der Waals surface area (Å²) >= 11 is 0. The molecule has 2 rings (SSSR count). The van der Waals surface area contributed by atoms with Gasteiger partial charge >= 0.3 is 0 Å².